The Morgan fingerprint density at radius 1 is 1.35 bits per heavy atom. The molecule has 0 saturated heterocycles. The average Bonchev–Trinajstić information content (AvgIpc) is 3.00. The van der Waals surface area contributed by atoms with Gasteiger partial charge in [0.25, 0.3) is 5.56 Å². The molecule has 3 heterocycles. The Bertz CT molecular complexity index is 813. The molecule has 104 valence electrons. The lowest BCUT2D eigenvalue weighted by Crippen LogP contribution is -2.22. The smallest absolute Gasteiger partial charge is 0.283 e. The van der Waals surface area contributed by atoms with Crippen molar-refractivity contribution in [3.63, 3.8) is 0 Å². The molecule has 8 nitrogen and oxygen atoms in total. The van der Waals surface area contributed by atoms with Gasteiger partial charge in [0.05, 0.1) is 6.54 Å². The summed E-state index contributed by atoms with van der Waals surface area (Å²) in [6.45, 7) is 4.33. The SMILES string of the molecule is CC(C)c1ocnc1Cn1cnc2c(nnn2C)c1=O. The van der Waals surface area contributed by atoms with Crippen molar-refractivity contribution in [1.82, 2.24) is 29.5 Å². The summed E-state index contributed by atoms with van der Waals surface area (Å²) >= 11 is 0. The van der Waals surface area contributed by atoms with Crippen LogP contribution in [0.1, 0.15) is 31.2 Å². The number of aryl methyl sites for hydroxylation is 1. The van der Waals surface area contributed by atoms with Crippen LogP contribution in [0.25, 0.3) is 11.2 Å². The second kappa shape index (κ2) is 4.55. The summed E-state index contributed by atoms with van der Waals surface area (Å²) in [5, 5.41) is 7.64. The Hall–Kier alpha value is -2.51. The zero-order valence-electron chi connectivity index (χ0n) is 11.4. The van der Waals surface area contributed by atoms with Gasteiger partial charge in [0.15, 0.2) is 17.6 Å². The molecule has 0 amide bonds. The summed E-state index contributed by atoms with van der Waals surface area (Å²) in [7, 11) is 1.70. The second-order valence-corrected chi connectivity index (χ2v) is 4.88. The van der Waals surface area contributed by atoms with Crippen molar-refractivity contribution in [2.75, 3.05) is 0 Å². The Labute approximate surface area is 114 Å². The molecule has 0 aliphatic carbocycles. The molecular weight excluding hydrogens is 260 g/mol. The zero-order chi connectivity index (χ0) is 14.3. The standard InChI is InChI=1S/C12H14N6O2/c1-7(2)10-8(14-6-20-10)4-18-5-13-11-9(12(18)19)15-16-17(11)3/h5-7H,4H2,1-3H3. The molecule has 20 heavy (non-hydrogen) atoms. The molecule has 0 unspecified atom stereocenters. The van der Waals surface area contributed by atoms with Gasteiger partial charge in [0.2, 0.25) is 0 Å². The second-order valence-electron chi connectivity index (χ2n) is 4.88. The van der Waals surface area contributed by atoms with Crippen LogP contribution in [-0.4, -0.2) is 29.5 Å². The zero-order valence-corrected chi connectivity index (χ0v) is 11.4. The van der Waals surface area contributed by atoms with Crippen molar-refractivity contribution < 1.29 is 4.42 Å². The molecule has 0 atom stereocenters. The highest BCUT2D eigenvalue weighted by Crippen LogP contribution is 2.18. The minimum Gasteiger partial charge on any atom is -0.448 e. The molecule has 3 aromatic rings. The Morgan fingerprint density at radius 2 is 2.15 bits per heavy atom. The van der Waals surface area contributed by atoms with Crippen molar-refractivity contribution in [3.05, 3.63) is 34.5 Å². The lowest BCUT2D eigenvalue weighted by molar-refractivity contribution is 0.477. The van der Waals surface area contributed by atoms with Crippen molar-refractivity contribution in [2.24, 2.45) is 7.05 Å². The molecule has 0 aromatic carbocycles. The maximum absolute atomic E-state index is 12.3. The fourth-order valence-corrected chi connectivity index (χ4v) is 2.09. The first kappa shape index (κ1) is 12.5. The van der Waals surface area contributed by atoms with E-state index in [1.807, 2.05) is 13.8 Å². The third-order valence-electron chi connectivity index (χ3n) is 3.10. The van der Waals surface area contributed by atoms with Gasteiger partial charge in [-0.25, -0.2) is 14.6 Å². The van der Waals surface area contributed by atoms with Gasteiger partial charge in [0, 0.05) is 13.0 Å². The summed E-state index contributed by atoms with van der Waals surface area (Å²) < 4.78 is 8.28. The predicted octanol–water partition coefficient (Wildman–Crippen LogP) is 0.685. The topological polar surface area (TPSA) is 91.6 Å². The summed E-state index contributed by atoms with van der Waals surface area (Å²) in [5.74, 6) is 0.979. The van der Waals surface area contributed by atoms with Gasteiger partial charge in [-0.3, -0.25) is 9.36 Å². The van der Waals surface area contributed by atoms with E-state index >= 15 is 0 Å². The molecule has 3 aromatic heterocycles. The van der Waals surface area contributed by atoms with E-state index < -0.39 is 0 Å². The molecule has 8 heteroatoms. The number of oxazole rings is 1. The molecule has 0 aliphatic rings. The maximum Gasteiger partial charge on any atom is 0.283 e. The third-order valence-corrected chi connectivity index (χ3v) is 3.10. The minimum atomic E-state index is -0.235. The van der Waals surface area contributed by atoms with E-state index in [1.165, 1.54) is 22.0 Å². The highest BCUT2D eigenvalue weighted by atomic mass is 16.3. The van der Waals surface area contributed by atoms with E-state index in [4.69, 9.17) is 4.42 Å². The largest absolute Gasteiger partial charge is 0.448 e. The highest BCUT2D eigenvalue weighted by Gasteiger charge is 2.15. The number of fused-ring (bicyclic) bond motifs is 1. The molecule has 0 spiro atoms. The minimum absolute atomic E-state index is 0.205. The lowest BCUT2D eigenvalue weighted by Gasteiger charge is -2.06. The first-order chi connectivity index (χ1) is 9.58. The molecular formula is C12H14N6O2. The molecule has 0 saturated carbocycles. The van der Waals surface area contributed by atoms with Gasteiger partial charge >= 0.3 is 0 Å². The number of hydrogen-bond donors (Lipinski definition) is 0. The van der Waals surface area contributed by atoms with Gasteiger partial charge in [0.1, 0.15) is 17.8 Å². The summed E-state index contributed by atoms with van der Waals surface area (Å²) in [6, 6.07) is 0. The third kappa shape index (κ3) is 1.89. The number of rotatable bonds is 3. The Kier molecular flexibility index (Phi) is 2.85. The molecule has 3 rings (SSSR count). The molecule has 0 aliphatic heterocycles. The van der Waals surface area contributed by atoms with Crippen LogP contribution in [-0.2, 0) is 13.6 Å². The van der Waals surface area contributed by atoms with E-state index in [-0.39, 0.29) is 17.0 Å². The quantitative estimate of drug-likeness (QED) is 0.697. The first-order valence-corrected chi connectivity index (χ1v) is 6.25. The fraction of sp³-hybridized carbons (Fsp3) is 0.417. The molecule has 0 N–H and O–H groups in total. The Morgan fingerprint density at radius 3 is 2.90 bits per heavy atom. The van der Waals surface area contributed by atoms with Gasteiger partial charge < -0.3 is 4.42 Å². The van der Waals surface area contributed by atoms with Gasteiger partial charge in [-0.05, 0) is 0 Å². The van der Waals surface area contributed by atoms with Crippen LogP contribution in [0.2, 0.25) is 0 Å². The number of nitrogens with zero attached hydrogens (tertiary/aromatic N) is 6. The fourth-order valence-electron chi connectivity index (χ4n) is 2.09. The molecule has 0 radical (unpaired) electrons. The molecule has 0 fully saturated rings. The van der Waals surface area contributed by atoms with E-state index in [1.54, 1.807) is 7.05 Å². The van der Waals surface area contributed by atoms with Crippen LogP contribution >= 0.6 is 0 Å². The van der Waals surface area contributed by atoms with E-state index in [2.05, 4.69) is 20.3 Å². The Balaban J connectivity index is 2.05. The van der Waals surface area contributed by atoms with Crippen molar-refractivity contribution in [2.45, 2.75) is 26.3 Å². The van der Waals surface area contributed by atoms with Gasteiger partial charge in [-0.1, -0.05) is 19.1 Å². The van der Waals surface area contributed by atoms with Crippen LogP contribution in [0, 0.1) is 0 Å². The molecule has 0 bridgehead atoms. The monoisotopic (exact) mass is 274 g/mol. The van der Waals surface area contributed by atoms with Gasteiger partial charge in [-0.15, -0.1) is 5.10 Å². The van der Waals surface area contributed by atoms with E-state index in [0.717, 1.165) is 11.5 Å². The summed E-state index contributed by atoms with van der Waals surface area (Å²) in [6.07, 6.45) is 2.87. The van der Waals surface area contributed by atoms with Gasteiger partial charge in [-0.2, -0.15) is 0 Å². The lowest BCUT2D eigenvalue weighted by atomic mass is 10.1. The van der Waals surface area contributed by atoms with Crippen molar-refractivity contribution in [1.29, 1.82) is 0 Å². The van der Waals surface area contributed by atoms with Crippen molar-refractivity contribution in [3.8, 4) is 0 Å². The van der Waals surface area contributed by atoms with Crippen LogP contribution in [0.15, 0.2) is 21.9 Å². The highest BCUT2D eigenvalue weighted by molar-refractivity contribution is 5.67. The number of hydrogen-bond acceptors (Lipinski definition) is 6. The predicted molar refractivity (Wildman–Crippen MR) is 70.3 cm³/mol. The van der Waals surface area contributed by atoms with Crippen LogP contribution in [0.4, 0.5) is 0 Å². The van der Waals surface area contributed by atoms with E-state index in [0.29, 0.717) is 12.2 Å². The average molecular weight is 274 g/mol. The maximum atomic E-state index is 12.3. The van der Waals surface area contributed by atoms with Crippen LogP contribution in [0.5, 0.6) is 0 Å². The normalized spacial score (nSPS) is 11.6. The first-order valence-electron chi connectivity index (χ1n) is 6.25. The summed E-state index contributed by atoms with van der Waals surface area (Å²) in [4.78, 5) is 20.7. The van der Waals surface area contributed by atoms with Crippen molar-refractivity contribution >= 4 is 11.2 Å². The van der Waals surface area contributed by atoms with Crippen LogP contribution < -0.4 is 5.56 Å². The van der Waals surface area contributed by atoms with E-state index in [9.17, 15) is 4.79 Å². The summed E-state index contributed by atoms with van der Waals surface area (Å²) in [5.41, 5.74) is 1.22. The number of aromatic nitrogens is 6. The van der Waals surface area contributed by atoms with Crippen LogP contribution in [0.3, 0.4) is 0 Å².